The number of hydrogen-bond donors (Lipinski definition) is 1. The Hall–Kier alpha value is -1.80. The molecule has 0 atom stereocenters. The minimum Gasteiger partial charge on any atom is -0.496 e. The molecule has 0 saturated carbocycles. The number of nitrogens with zero attached hydrogens (tertiary/aromatic N) is 1. The van der Waals surface area contributed by atoms with Crippen molar-refractivity contribution in [2.24, 2.45) is 0 Å². The third kappa shape index (κ3) is 4.64. The number of methoxy groups -OCH3 is 1. The molecule has 2 rings (SSSR count). The Bertz CT molecular complexity index is 758. The van der Waals surface area contributed by atoms with E-state index in [-0.39, 0.29) is 5.91 Å². The van der Waals surface area contributed by atoms with Gasteiger partial charge in [-0.2, -0.15) is 0 Å². The van der Waals surface area contributed by atoms with Crippen molar-refractivity contribution in [1.82, 2.24) is 10.2 Å². The molecule has 0 aromatic heterocycles. The predicted molar refractivity (Wildman–Crippen MR) is 94.8 cm³/mol. The third-order valence-electron chi connectivity index (χ3n) is 4.24. The van der Waals surface area contributed by atoms with E-state index in [4.69, 9.17) is 16.3 Å². The first-order valence-corrected chi connectivity index (χ1v) is 9.92. The lowest BCUT2D eigenvalue weighted by molar-refractivity contribution is -0.118. The standard InChI is InChI=1S/C16H21ClN2O5S/c1-18-15(20)10-25(22,23)12-5-7-19(8-6-12)16(21)13-9-11(17)3-4-14(13)24-2/h3-4,9,12H,5-8,10H2,1-2H3,(H,18,20). The molecule has 7 nitrogen and oxygen atoms in total. The van der Waals surface area contributed by atoms with E-state index in [1.165, 1.54) is 20.2 Å². The molecule has 0 aliphatic carbocycles. The molecule has 1 aromatic rings. The minimum atomic E-state index is -3.52. The first-order chi connectivity index (χ1) is 11.8. The second-order valence-corrected chi connectivity index (χ2v) is 8.53. The molecule has 1 aliphatic rings. The highest BCUT2D eigenvalue weighted by atomic mass is 35.5. The fourth-order valence-electron chi connectivity index (χ4n) is 2.81. The smallest absolute Gasteiger partial charge is 0.257 e. The van der Waals surface area contributed by atoms with Crippen molar-refractivity contribution in [3.63, 3.8) is 0 Å². The molecule has 1 N–H and O–H groups in total. The zero-order valence-electron chi connectivity index (χ0n) is 14.1. The lowest BCUT2D eigenvalue weighted by Gasteiger charge is -2.32. The van der Waals surface area contributed by atoms with Gasteiger partial charge >= 0.3 is 0 Å². The number of piperidine rings is 1. The van der Waals surface area contributed by atoms with Crippen LogP contribution >= 0.6 is 11.6 Å². The highest BCUT2D eigenvalue weighted by Crippen LogP contribution is 2.26. The molecule has 0 bridgehead atoms. The van der Waals surface area contributed by atoms with Gasteiger partial charge in [0, 0.05) is 25.2 Å². The zero-order chi connectivity index (χ0) is 18.6. The number of sulfone groups is 1. The maximum absolute atomic E-state index is 12.7. The molecule has 1 saturated heterocycles. The van der Waals surface area contributed by atoms with Crippen LogP contribution in [-0.4, -0.2) is 63.4 Å². The van der Waals surface area contributed by atoms with Crippen LogP contribution in [0.3, 0.4) is 0 Å². The highest BCUT2D eigenvalue weighted by Gasteiger charge is 2.33. The number of amides is 2. The minimum absolute atomic E-state index is 0.249. The summed E-state index contributed by atoms with van der Waals surface area (Å²) in [5.41, 5.74) is 0.349. The molecular weight excluding hydrogens is 368 g/mol. The van der Waals surface area contributed by atoms with Crippen LogP contribution in [-0.2, 0) is 14.6 Å². The van der Waals surface area contributed by atoms with E-state index in [1.54, 1.807) is 17.0 Å². The van der Waals surface area contributed by atoms with E-state index in [1.807, 2.05) is 0 Å². The summed E-state index contributed by atoms with van der Waals surface area (Å²) in [6.45, 7) is 0.596. The summed E-state index contributed by atoms with van der Waals surface area (Å²) in [5, 5.41) is 2.13. The fraction of sp³-hybridized carbons (Fsp3) is 0.500. The fourth-order valence-corrected chi connectivity index (χ4v) is 4.66. The van der Waals surface area contributed by atoms with Gasteiger partial charge in [-0.3, -0.25) is 9.59 Å². The van der Waals surface area contributed by atoms with Gasteiger partial charge in [-0.15, -0.1) is 0 Å². The number of hydrogen-bond acceptors (Lipinski definition) is 5. The van der Waals surface area contributed by atoms with Crippen LogP contribution in [0.5, 0.6) is 5.75 Å². The molecule has 1 heterocycles. The van der Waals surface area contributed by atoms with Gasteiger partial charge in [-0.25, -0.2) is 8.42 Å². The summed E-state index contributed by atoms with van der Waals surface area (Å²) in [4.78, 5) is 25.6. The molecule has 1 aromatic carbocycles. The number of benzene rings is 1. The van der Waals surface area contributed by atoms with Crippen LogP contribution in [0.15, 0.2) is 18.2 Å². The van der Waals surface area contributed by atoms with Crippen LogP contribution < -0.4 is 10.1 Å². The molecule has 25 heavy (non-hydrogen) atoms. The number of carbonyl (C=O) groups excluding carboxylic acids is 2. The SMILES string of the molecule is CNC(=O)CS(=O)(=O)C1CCN(C(=O)c2cc(Cl)ccc2OC)CC1. The van der Waals surface area contributed by atoms with Crippen molar-refractivity contribution in [1.29, 1.82) is 0 Å². The summed E-state index contributed by atoms with van der Waals surface area (Å²) in [5.74, 6) is -0.878. The number of likely N-dealkylation sites (tertiary alicyclic amines) is 1. The van der Waals surface area contributed by atoms with Crippen molar-refractivity contribution in [3.8, 4) is 5.75 Å². The van der Waals surface area contributed by atoms with E-state index in [2.05, 4.69) is 5.32 Å². The Labute approximate surface area is 152 Å². The Kier molecular flexibility index (Phi) is 6.29. The van der Waals surface area contributed by atoms with Gasteiger partial charge in [-0.05, 0) is 31.0 Å². The molecule has 138 valence electrons. The molecule has 2 amide bonds. The van der Waals surface area contributed by atoms with E-state index in [0.29, 0.717) is 42.3 Å². The van der Waals surface area contributed by atoms with Gasteiger partial charge in [0.15, 0.2) is 9.84 Å². The Morgan fingerprint density at radius 2 is 1.96 bits per heavy atom. The topological polar surface area (TPSA) is 92.8 Å². The maximum Gasteiger partial charge on any atom is 0.257 e. The van der Waals surface area contributed by atoms with Gasteiger partial charge in [0.2, 0.25) is 5.91 Å². The van der Waals surface area contributed by atoms with Gasteiger partial charge in [0.25, 0.3) is 5.91 Å². The number of ether oxygens (including phenoxy) is 1. The van der Waals surface area contributed by atoms with Crippen LogP contribution in [0, 0.1) is 0 Å². The van der Waals surface area contributed by atoms with Crippen molar-refractivity contribution in [3.05, 3.63) is 28.8 Å². The molecule has 1 aliphatic heterocycles. The summed E-state index contributed by atoms with van der Waals surface area (Å²) in [6, 6.07) is 4.79. The summed E-state index contributed by atoms with van der Waals surface area (Å²) in [6.07, 6.45) is 0.599. The van der Waals surface area contributed by atoms with E-state index < -0.39 is 26.7 Å². The first-order valence-electron chi connectivity index (χ1n) is 7.83. The maximum atomic E-state index is 12.7. The van der Waals surface area contributed by atoms with Crippen LogP contribution in [0.1, 0.15) is 23.2 Å². The van der Waals surface area contributed by atoms with Gasteiger partial charge < -0.3 is 15.0 Å². The zero-order valence-corrected chi connectivity index (χ0v) is 15.7. The average Bonchev–Trinajstić information content (AvgIpc) is 2.60. The largest absolute Gasteiger partial charge is 0.496 e. The van der Waals surface area contributed by atoms with Gasteiger partial charge in [0.1, 0.15) is 11.5 Å². The normalized spacial score (nSPS) is 15.7. The summed E-state index contributed by atoms with van der Waals surface area (Å²) >= 11 is 5.96. The predicted octanol–water partition coefficient (Wildman–Crippen LogP) is 1.11. The van der Waals surface area contributed by atoms with Crippen molar-refractivity contribution in [2.75, 3.05) is 33.0 Å². The Balaban J connectivity index is 2.06. The molecule has 0 radical (unpaired) electrons. The van der Waals surface area contributed by atoms with E-state index in [0.717, 1.165) is 0 Å². The number of carbonyl (C=O) groups is 2. The van der Waals surface area contributed by atoms with Crippen molar-refractivity contribution >= 4 is 33.3 Å². The Morgan fingerprint density at radius 1 is 1.32 bits per heavy atom. The lowest BCUT2D eigenvalue weighted by Crippen LogP contribution is -2.44. The Morgan fingerprint density at radius 3 is 2.52 bits per heavy atom. The van der Waals surface area contributed by atoms with Crippen molar-refractivity contribution in [2.45, 2.75) is 18.1 Å². The van der Waals surface area contributed by atoms with E-state index >= 15 is 0 Å². The molecule has 1 fully saturated rings. The monoisotopic (exact) mass is 388 g/mol. The van der Waals surface area contributed by atoms with E-state index in [9.17, 15) is 18.0 Å². The lowest BCUT2D eigenvalue weighted by atomic mass is 10.1. The molecular formula is C16H21ClN2O5S. The quantitative estimate of drug-likeness (QED) is 0.815. The summed E-state index contributed by atoms with van der Waals surface area (Å²) < 4.78 is 29.7. The molecule has 0 unspecified atom stereocenters. The molecule has 9 heteroatoms. The second-order valence-electron chi connectivity index (χ2n) is 5.82. The summed E-state index contributed by atoms with van der Waals surface area (Å²) in [7, 11) is -0.654. The van der Waals surface area contributed by atoms with Crippen molar-refractivity contribution < 1.29 is 22.7 Å². The first kappa shape index (κ1) is 19.5. The van der Waals surface area contributed by atoms with Gasteiger partial charge in [0.05, 0.1) is 17.9 Å². The average molecular weight is 389 g/mol. The molecule has 0 spiro atoms. The van der Waals surface area contributed by atoms with Crippen LogP contribution in [0.2, 0.25) is 5.02 Å². The highest BCUT2D eigenvalue weighted by molar-refractivity contribution is 7.92. The van der Waals surface area contributed by atoms with Crippen LogP contribution in [0.25, 0.3) is 0 Å². The van der Waals surface area contributed by atoms with Gasteiger partial charge in [-0.1, -0.05) is 11.6 Å². The number of halogens is 1. The number of rotatable bonds is 5. The third-order valence-corrected chi connectivity index (χ3v) is 6.63. The second kappa shape index (κ2) is 8.05. The van der Waals surface area contributed by atoms with Crippen LogP contribution in [0.4, 0.5) is 0 Å². The number of nitrogens with one attached hydrogen (secondary N) is 1.